The predicted octanol–water partition coefficient (Wildman–Crippen LogP) is 7.22. The molecule has 2 aliphatic carbocycles. The van der Waals surface area contributed by atoms with Crippen LogP contribution in [0.5, 0.6) is 5.75 Å². The van der Waals surface area contributed by atoms with Gasteiger partial charge >= 0.3 is 5.97 Å². The van der Waals surface area contributed by atoms with Crippen LogP contribution < -0.4 is 4.74 Å². The third kappa shape index (κ3) is 4.71. The van der Waals surface area contributed by atoms with Crippen molar-refractivity contribution >= 4 is 33.8 Å². The van der Waals surface area contributed by atoms with Gasteiger partial charge in [0, 0.05) is 42.6 Å². The minimum Gasteiger partial charge on any atom is -0.494 e. The van der Waals surface area contributed by atoms with Crippen molar-refractivity contribution in [3.8, 4) is 28.4 Å². The van der Waals surface area contributed by atoms with E-state index in [0.29, 0.717) is 45.7 Å². The quantitative estimate of drug-likeness (QED) is 0.176. The van der Waals surface area contributed by atoms with Crippen LogP contribution in [0.2, 0.25) is 0 Å². The molecule has 0 N–H and O–H groups in total. The minimum atomic E-state index is -1.06. The number of likely N-dealkylation sites (tertiary alicyclic amines) is 1. The molecule has 8 rings (SSSR count). The van der Waals surface area contributed by atoms with Crippen molar-refractivity contribution in [3.05, 3.63) is 71.3 Å². The van der Waals surface area contributed by atoms with E-state index in [1.807, 2.05) is 46.8 Å². The first-order valence-corrected chi connectivity index (χ1v) is 16.2. The Morgan fingerprint density at radius 3 is 2.36 bits per heavy atom. The number of esters is 1. The number of halogens is 2. The number of carbonyl (C=O) groups is 2. The van der Waals surface area contributed by atoms with Gasteiger partial charge in [-0.15, -0.1) is 0 Å². The largest absolute Gasteiger partial charge is 0.494 e. The Balaban J connectivity index is 1.23. The van der Waals surface area contributed by atoms with Crippen molar-refractivity contribution in [2.45, 2.75) is 45.2 Å². The number of ether oxygens (including phenoxy) is 2. The topological polar surface area (TPSA) is 78.6 Å². The van der Waals surface area contributed by atoms with Gasteiger partial charge in [-0.1, -0.05) is 19.1 Å². The van der Waals surface area contributed by atoms with E-state index in [4.69, 9.17) is 9.72 Å². The van der Waals surface area contributed by atoms with Crippen LogP contribution in [0.3, 0.4) is 0 Å². The van der Waals surface area contributed by atoms with Crippen molar-refractivity contribution in [3.63, 3.8) is 0 Å². The third-order valence-electron chi connectivity index (χ3n) is 10.7. The van der Waals surface area contributed by atoms with E-state index >= 15 is 0 Å². The van der Waals surface area contributed by atoms with Gasteiger partial charge in [0.15, 0.2) is 5.82 Å². The van der Waals surface area contributed by atoms with Gasteiger partial charge in [-0.05, 0) is 91.0 Å². The number of carbonyl (C=O) groups excluding carboxylic acids is 2. The molecule has 3 atom stereocenters. The van der Waals surface area contributed by atoms with Gasteiger partial charge in [-0.2, -0.15) is 0 Å². The van der Waals surface area contributed by atoms with Gasteiger partial charge in [0.1, 0.15) is 28.5 Å². The summed E-state index contributed by atoms with van der Waals surface area (Å²) in [5, 5.41) is 0.963. The van der Waals surface area contributed by atoms with Gasteiger partial charge < -0.3 is 23.5 Å². The number of piperidine rings is 1. The second-order valence-electron chi connectivity index (χ2n) is 13.4. The van der Waals surface area contributed by atoms with Gasteiger partial charge in [-0.25, -0.2) is 18.6 Å². The smallest absolute Gasteiger partial charge is 0.343 e. The van der Waals surface area contributed by atoms with E-state index in [2.05, 4.69) is 22.3 Å². The highest BCUT2D eigenvalue weighted by Crippen LogP contribution is 2.44. The van der Waals surface area contributed by atoms with E-state index < -0.39 is 23.2 Å². The van der Waals surface area contributed by atoms with E-state index in [1.54, 1.807) is 7.11 Å². The van der Waals surface area contributed by atoms with Crippen LogP contribution in [0.1, 0.15) is 53.3 Å². The molecular weight excluding hydrogens is 602 g/mol. The molecule has 0 radical (unpaired) electrons. The summed E-state index contributed by atoms with van der Waals surface area (Å²) in [6.07, 6.45) is 4.50. The van der Waals surface area contributed by atoms with Crippen LogP contribution in [-0.2, 0) is 18.3 Å². The second-order valence-corrected chi connectivity index (χ2v) is 13.4. The molecule has 8 nitrogen and oxygen atoms in total. The number of amides is 1. The minimum absolute atomic E-state index is 0.0271. The van der Waals surface area contributed by atoms with Gasteiger partial charge in [0.25, 0.3) is 5.91 Å². The van der Waals surface area contributed by atoms with E-state index in [0.717, 1.165) is 79.5 Å². The zero-order valence-corrected chi connectivity index (χ0v) is 26.8. The first-order valence-electron chi connectivity index (χ1n) is 16.2. The number of imidazole rings is 1. The summed E-state index contributed by atoms with van der Waals surface area (Å²) in [7, 11) is 4.66. The van der Waals surface area contributed by atoms with Crippen molar-refractivity contribution in [2.24, 2.45) is 24.8 Å². The fourth-order valence-corrected chi connectivity index (χ4v) is 7.94. The number of methoxy groups -OCH3 is 2. The summed E-state index contributed by atoms with van der Waals surface area (Å²) in [5.74, 6) is -0.0324. The Labute approximate surface area is 270 Å². The average Bonchev–Trinajstić information content (AvgIpc) is 3.47. The molecule has 3 aromatic carbocycles. The monoisotopic (exact) mass is 638 g/mol. The second kappa shape index (κ2) is 10.9. The highest BCUT2D eigenvalue weighted by atomic mass is 19.1. The van der Waals surface area contributed by atoms with Gasteiger partial charge in [0.05, 0.1) is 25.4 Å². The average molecular weight is 639 g/mol. The predicted molar refractivity (Wildman–Crippen MR) is 174 cm³/mol. The number of hydrogen-bond acceptors (Lipinski definition) is 5. The van der Waals surface area contributed by atoms with Crippen LogP contribution in [0.4, 0.5) is 8.78 Å². The van der Waals surface area contributed by atoms with Crippen molar-refractivity contribution in [2.75, 3.05) is 20.8 Å². The van der Waals surface area contributed by atoms with E-state index in [-0.39, 0.29) is 11.9 Å². The zero-order valence-electron chi connectivity index (χ0n) is 26.8. The summed E-state index contributed by atoms with van der Waals surface area (Å²) in [6, 6.07) is 14.1. The third-order valence-corrected chi connectivity index (χ3v) is 10.7. The molecule has 1 saturated heterocycles. The molecule has 2 aromatic heterocycles. The summed E-state index contributed by atoms with van der Waals surface area (Å²) >= 11 is 0. The first kappa shape index (κ1) is 29.7. The molecule has 3 aliphatic rings. The lowest BCUT2D eigenvalue weighted by molar-refractivity contribution is 0.0589. The summed E-state index contributed by atoms with van der Waals surface area (Å²) in [6.45, 7) is 3.83. The van der Waals surface area contributed by atoms with E-state index in [9.17, 15) is 18.4 Å². The number of hydrogen-bond donors (Lipinski definition) is 0. The standard InChI is InChI=1S/C37H36F2N4O4/c1-19-23-9-10-29(19)43(18-23)36(44)25-13-28-34(32(16-25)46-3)41(2)35(40-28)31-15-22-8-7-21(14-30(22)42(31)17-20-5-6-20)24-11-26(38)33(27(39)12-24)37(45)47-4/h7-8,11-16,19-20,23,29H,5-6,9-10,17-18H2,1-4H3/t19-,23?,29?/m1/s1. The Morgan fingerprint density at radius 1 is 0.957 bits per heavy atom. The number of benzene rings is 3. The normalized spacial score (nSPS) is 20.5. The SMILES string of the molecule is COC(=O)c1c(F)cc(-c2ccc3cc(-c4nc5cc(C(=O)N6CC7CCC6[C@@H]7C)cc(OC)c5n4C)n(CC4CC4)c3c2)cc1F. The first-order chi connectivity index (χ1) is 22.7. The molecule has 3 fully saturated rings. The molecular formula is C37H36F2N4O4. The Morgan fingerprint density at radius 2 is 1.72 bits per heavy atom. The van der Waals surface area contributed by atoms with Crippen LogP contribution >= 0.6 is 0 Å². The molecule has 3 heterocycles. The van der Waals surface area contributed by atoms with Crippen LogP contribution in [0.25, 0.3) is 44.6 Å². The maximum atomic E-state index is 14.9. The van der Waals surface area contributed by atoms with Crippen LogP contribution in [0, 0.1) is 29.4 Å². The molecule has 242 valence electrons. The van der Waals surface area contributed by atoms with Crippen LogP contribution in [0.15, 0.2) is 48.5 Å². The lowest BCUT2D eigenvalue weighted by atomic mass is 10.0. The number of aromatic nitrogens is 3. The lowest BCUT2D eigenvalue weighted by Crippen LogP contribution is -2.38. The molecule has 0 spiro atoms. The molecule has 2 bridgehead atoms. The van der Waals surface area contributed by atoms with Crippen molar-refractivity contribution < 1.29 is 27.8 Å². The summed E-state index contributed by atoms with van der Waals surface area (Å²) in [4.78, 5) is 32.8. The Bertz CT molecular complexity index is 2090. The fourth-order valence-electron chi connectivity index (χ4n) is 7.94. The molecule has 5 aromatic rings. The number of rotatable bonds is 7. The molecule has 2 unspecified atom stereocenters. The molecule has 2 saturated carbocycles. The number of nitrogens with zero attached hydrogens (tertiary/aromatic N) is 4. The zero-order chi connectivity index (χ0) is 32.7. The van der Waals surface area contributed by atoms with Crippen LogP contribution in [-0.4, -0.2) is 57.7 Å². The lowest BCUT2D eigenvalue weighted by Gasteiger charge is -2.27. The van der Waals surface area contributed by atoms with Gasteiger partial charge in [-0.3, -0.25) is 4.79 Å². The highest BCUT2D eigenvalue weighted by molar-refractivity contribution is 6.01. The number of fused-ring (bicyclic) bond motifs is 4. The maximum absolute atomic E-state index is 14.9. The molecule has 47 heavy (non-hydrogen) atoms. The maximum Gasteiger partial charge on any atom is 0.343 e. The summed E-state index contributed by atoms with van der Waals surface area (Å²) in [5.41, 5.74) is 4.12. The summed E-state index contributed by atoms with van der Waals surface area (Å²) < 4.78 is 44.4. The fraction of sp³-hybridized carbons (Fsp3) is 0.378. The molecule has 10 heteroatoms. The van der Waals surface area contributed by atoms with Crippen molar-refractivity contribution in [1.82, 2.24) is 19.0 Å². The Kier molecular flexibility index (Phi) is 6.89. The molecule has 1 amide bonds. The van der Waals surface area contributed by atoms with E-state index in [1.165, 1.54) is 6.42 Å². The van der Waals surface area contributed by atoms with Gasteiger partial charge in [0.2, 0.25) is 0 Å². The molecule has 1 aliphatic heterocycles. The highest BCUT2D eigenvalue weighted by Gasteiger charge is 2.46. The number of aryl methyl sites for hydroxylation is 1. The van der Waals surface area contributed by atoms with Crippen molar-refractivity contribution in [1.29, 1.82) is 0 Å². The Hall–Kier alpha value is -4.73.